The van der Waals surface area contributed by atoms with Gasteiger partial charge in [-0.2, -0.15) is 11.8 Å². The van der Waals surface area contributed by atoms with Crippen molar-refractivity contribution in [1.82, 2.24) is 14.9 Å². The molecule has 102 valence electrons. The van der Waals surface area contributed by atoms with Gasteiger partial charge in [0, 0.05) is 30.0 Å². The molecule has 3 heterocycles. The van der Waals surface area contributed by atoms with E-state index in [0.29, 0.717) is 6.04 Å². The highest BCUT2D eigenvalue weighted by Gasteiger charge is 2.25. The van der Waals surface area contributed by atoms with Gasteiger partial charge in [-0.3, -0.25) is 4.90 Å². The first kappa shape index (κ1) is 13.1. The van der Waals surface area contributed by atoms with Crippen molar-refractivity contribution >= 4 is 39.1 Å². The normalized spacial score (nSPS) is 20.9. The number of aromatic nitrogens is 2. The van der Waals surface area contributed by atoms with Gasteiger partial charge in [0.25, 0.3) is 0 Å². The van der Waals surface area contributed by atoms with Crippen LogP contribution in [0.2, 0.25) is 0 Å². The van der Waals surface area contributed by atoms with Gasteiger partial charge in [0.15, 0.2) is 0 Å². The minimum atomic E-state index is 0.331. The molecule has 2 aromatic heterocycles. The van der Waals surface area contributed by atoms with E-state index < -0.39 is 0 Å². The van der Waals surface area contributed by atoms with Crippen molar-refractivity contribution in [2.24, 2.45) is 0 Å². The van der Waals surface area contributed by atoms with Crippen molar-refractivity contribution in [3.63, 3.8) is 0 Å². The Balaban J connectivity index is 2.08. The number of hydrogen-bond donors (Lipinski definition) is 1. The Labute approximate surface area is 121 Å². The Morgan fingerprint density at radius 2 is 2.26 bits per heavy atom. The number of hydrogen-bond acceptors (Lipinski definition) is 6. The van der Waals surface area contributed by atoms with Crippen LogP contribution in [-0.4, -0.2) is 47.0 Å². The van der Waals surface area contributed by atoms with Crippen LogP contribution >= 0.6 is 23.1 Å². The number of anilines is 1. The van der Waals surface area contributed by atoms with Crippen molar-refractivity contribution in [2.75, 3.05) is 37.5 Å². The molecular weight excluding hydrogens is 276 g/mol. The summed E-state index contributed by atoms with van der Waals surface area (Å²) >= 11 is 3.73. The molecule has 2 aromatic rings. The van der Waals surface area contributed by atoms with Gasteiger partial charge in [-0.15, -0.1) is 11.3 Å². The van der Waals surface area contributed by atoms with E-state index in [4.69, 9.17) is 9.97 Å². The molecule has 0 spiro atoms. The number of nitrogens with one attached hydrogen (secondary N) is 1. The summed E-state index contributed by atoms with van der Waals surface area (Å²) in [7, 11) is 4.09. The third kappa shape index (κ3) is 2.44. The lowest BCUT2D eigenvalue weighted by Crippen LogP contribution is -2.33. The highest BCUT2D eigenvalue weighted by molar-refractivity contribution is 7.99. The monoisotopic (exact) mass is 294 g/mol. The Bertz CT molecular complexity index is 596. The first-order valence-corrected chi connectivity index (χ1v) is 8.40. The summed E-state index contributed by atoms with van der Waals surface area (Å²) < 4.78 is 0. The Hall–Kier alpha value is -0.850. The van der Waals surface area contributed by atoms with Gasteiger partial charge in [0.1, 0.15) is 16.5 Å². The molecular formula is C13H18N4S2. The average molecular weight is 294 g/mol. The maximum Gasteiger partial charge on any atom is 0.150 e. The minimum absolute atomic E-state index is 0.331. The van der Waals surface area contributed by atoms with Crippen LogP contribution in [0.5, 0.6) is 0 Å². The van der Waals surface area contributed by atoms with E-state index in [2.05, 4.69) is 30.3 Å². The molecule has 0 saturated carbocycles. The van der Waals surface area contributed by atoms with Crippen LogP contribution in [0, 0.1) is 6.92 Å². The van der Waals surface area contributed by atoms with Gasteiger partial charge < -0.3 is 5.32 Å². The van der Waals surface area contributed by atoms with Crippen LogP contribution in [0.25, 0.3) is 10.2 Å². The fourth-order valence-corrected chi connectivity index (χ4v) is 4.45. The van der Waals surface area contributed by atoms with Crippen LogP contribution in [-0.2, 0) is 0 Å². The van der Waals surface area contributed by atoms with E-state index in [1.54, 1.807) is 11.3 Å². The molecule has 1 fully saturated rings. The third-order valence-corrected chi connectivity index (χ3v) is 5.43. The number of fused-ring (bicyclic) bond motifs is 1. The van der Waals surface area contributed by atoms with Crippen LogP contribution in [0.4, 0.5) is 5.82 Å². The number of aryl methyl sites for hydroxylation is 1. The first-order valence-electron chi connectivity index (χ1n) is 6.43. The predicted octanol–water partition coefficient (Wildman–Crippen LogP) is 2.76. The number of rotatable bonds is 2. The molecule has 0 aliphatic carbocycles. The second-order valence-corrected chi connectivity index (χ2v) is 7.21. The fourth-order valence-electron chi connectivity index (χ4n) is 2.36. The quantitative estimate of drug-likeness (QED) is 0.922. The summed E-state index contributed by atoms with van der Waals surface area (Å²) in [5.41, 5.74) is 0. The predicted molar refractivity (Wildman–Crippen MR) is 84.4 cm³/mol. The van der Waals surface area contributed by atoms with E-state index >= 15 is 0 Å². The lowest BCUT2D eigenvalue weighted by atomic mass is 10.2. The Kier molecular flexibility index (Phi) is 3.64. The SMILES string of the molecule is CNc1nc(C2CSCCN2C)nc2sc(C)cc12. The molecule has 1 aliphatic rings. The van der Waals surface area contributed by atoms with E-state index in [1.807, 2.05) is 18.8 Å². The molecule has 1 atom stereocenters. The van der Waals surface area contributed by atoms with Crippen LogP contribution < -0.4 is 5.32 Å². The lowest BCUT2D eigenvalue weighted by molar-refractivity contribution is 0.265. The average Bonchev–Trinajstić information content (AvgIpc) is 2.78. The fraction of sp³-hybridized carbons (Fsp3) is 0.538. The summed E-state index contributed by atoms with van der Waals surface area (Å²) in [6, 6.07) is 2.49. The molecule has 4 nitrogen and oxygen atoms in total. The van der Waals surface area contributed by atoms with Crippen molar-refractivity contribution in [1.29, 1.82) is 0 Å². The molecule has 0 radical (unpaired) electrons. The van der Waals surface area contributed by atoms with Crippen LogP contribution in [0.1, 0.15) is 16.7 Å². The van der Waals surface area contributed by atoms with Crippen molar-refractivity contribution < 1.29 is 0 Å². The van der Waals surface area contributed by atoms with Gasteiger partial charge in [0.2, 0.25) is 0 Å². The van der Waals surface area contributed by atoms with E-state index in [9.17, 15) is 0 Å². The molecule has 1 N–H and O–H groups in total. The van der Waals surface area contributed by atoms with Gasteiger partial charge in [-0.1, -0.05) is 0 Å². The summed E-state index contributed by atoms with van der Waals surface area (Å²) in [6.07, 6.45) is 0. The van der Waals surface area contributed by atoms with Gasteiger partial charge in [-0.05, 0) is 20.0 Å². The molecule has 19 heavy (non-hydrogen) atoms. The van der Waals surface area contributed by atoms with Crippen LogP contribution in [0.15, 0.2) is 6.07 Å². The summed E-state index contributed by atoms with van der Waals surface area (Å²) in [6.45, 7) is 3.23. The molecule has 0 amide bonds. The molecule has 6 heteroatoms. The number of thioether (sulfide) groups is 1. The topological polar surface area (TPSA) is 41.1 Å². The number of nitrogens with zero attached hydrogens (tertiary/aromatic N) is 3. The second kappa shape index (κ2) is 5.26. The number of thiophene rings is 1. The summed E-state index contributed by atoms with van der Waals surface area (Å²) in [5.74, 6) is 4.18. The van der Waals surface area contributed by atoms with Crippen molar-refractivity contribution in [2.45, 2.75) is 13.0 Å². The van der Waals surface area contributed by atoms with Crippen molar-refractivity contribution in [3.8, 4) is 0 Å². The zero-order chi connectivity index (χ0) is 13.4. The lowest BCUT2D eigenvalue weighted by Gasteiger charge is -2.30. The smallest absolute Gasteiger partial charge is 0.150 e. The van der Waals surface area contributed by atoms with Gasteiger partial charge in [-0.25, -0.2) is 9.97 Å². The van der Waals surface area contributed by atoms with Gasteiger partial charge >= 0.3 is 0 Å². The van der Waals surface area contributed by atoms with Crippen molar-refractivity contribution in [3.05, 3.63) is 16.8 Å². The standard InChI is InChI=1S/C13H18N4S2/c1-8-6-9-11(14-2)15-12(16-13(9)19-8)10-7-18-5-4-17(10)3/h6,10H,4-5,7H2,1-3H3,(H,14,15,16). The highest BCUT2D eigenvalue weighted by atomic mass is 32.2. The molecule has 1 saturated heterocycles. The highest BCUT2D eigenvalue weighted by Crippen LogP contribution is 2.32. The molecule has 0 aromatic carbocycles. The zero-order valence-corrected chi connectivity index (χ0v) is 13.1. The maximum absolute atomic E-state index is 4.79. The minimum Gasteiger partial charge on any atom is -0.372 e. The molecule has 1 aliphatic heterocycles. The maximum atomic E-state index is 4.79. The molecule has 1 unspecified atom stereocenters. The van der Waals surface area contributed by atoms with E-state index in [-0.39, 0.29) is 0 Å². The first-order chi connectivity index (χ1) is 9.19. The molecule has 0 bridgehead atoms. The van der Waals surface area contributed by atoms with Gasteiger partial charge in [0.05, 0.1) is 11.4 Å². The molecule has 3 rings (SSSR count). The second-order valence-electron chi connectivity index (χ2n) is 4.83. The Morgan fingerprint density at radius 3 is 3.00 bits per heavy atom. The summed E-state index contributed by atoms with van der Waals surface area (Å²) in [5, 5.41) is 4.35. The van der Waals surface area contributed by atoms with E-state index in [0.717, 1.165) is 34.2 Å². The third-order valence-electron chi connectivity index (χ3n) is 3.46. The zero-order valence-electron chi connectivity index (χ0n) is 11.4. The Morgan fingerprint density at radius 1 is 1.42 bits per heavy atom. The van der Waals surface area contributed by atoms with Crippen LogP contribution in [0.3, 0.4) is 0 Å². The van der Waals surface area contributed by atoms with E-state index in [1.165, 1.54) is 10.6 Å². The largest absolute Gasteiger partial charge is 0.372 e. The summed E-state index contributed by atoms with van der Waals surface area (Å²) in [4.78, 5) is 14.3.